The minimum absolute atomic E-state index is 0.101. The van der Waals surface area contributed by atoms with Gasteiger partial charge < -0.3 is 14.8 Å². The fourth-order valence-corrected chi connectivity index (χ4v) is 3.10. The molecule has 4 nitrogen and oxygen atoms in total. The number of halogens is 1. The lowest BCUT2D eigenvalue weighted by atomic mass is 10.2. The van der Waals surface area contributed by atoms with E-state index in [1.54, 1.807) is 20.3 Å². The molecule has 6 heteroatoms. The smallest absolute Gasteiger partial charge is 0.237 e. The number of amides is 1. The van der Waals surface area contributed by atoms with Crippen molar-refractivity contribution in [2.24, 2.45) is 0 Å². The second-order valence-corrected chi connectivity index (χ2v) is 7.05. The summed E-state index contributed by atoms with van der Waals surface area (Å²) in [6.07, 6.45) is 0. The number of anilines is 1. The van der Waals surface area contributed by atoms with Crippen LogP contribution in [0, 0.1) is 6.92 Å². The number of carbonyl (C=O) groups is 1. The summed E-state index contributed by atoms with van der Waals surface area (Å²) in [6.45, 7) is 3.74. The molecule has 0 unspecified atom stereocenters. The number of hydrogen-bond donors (Lipinski definition) is 1. The maximum atomic E-state index is 12.5. The second-order valence-electron chi connectivity index (χ2n) is 5.23. The summed E-state index contributed by atoms with van der Waals surface area (Å²) in [7, 11) is 3.17. The molecule has 0 bridgehead atoms. The Labute approximate surface area is 151 Å². The largest absolute Gasteiger partial charge is 0.497 e. The van der Waals surface area contributed by atoms with Crippen LogP contribution in [0.3, 0.4) is 0 Å². The highest BCUT2D eigenvalue weighted by molar-refractivity contribution is 8.00. The third-order valence-corrected chi connectivity index (χ3v) is 5.00. The summed E-state index contributed by atoms with van der Waals surface area (Å²) in [5.41, 5.74) is 1.50. The number of nitrogens with one attached hydrogen (secondary N) is 1. The summed E-state index contributed by atoms with van der Waals surface area (Å²) >= 11 is 7.57. The fourth-order valence-electron chi connectivity index (χ4n) is 2.08. The Bertz CT molecular complexity index is 719. The summed E-state index contributed by atoms with van der Waals surface area (Å²) in [6, 6.07) is 11.1. The minimum Gasteiger partial charge on any atom is -0.497 e. The molecule has 0 saturated carbocycles. The number of benzene rings is 2. The third-order valence-electron chi connectivity index (χ3n) is 3.48. The van der Waals surface area contributed by atoms with Crippen molar-refractivity contribution in [3.05, 3.63) is 47.0 Å². The number of thioether (sulfide) groups is 1. The zero-order chi connectivity index (χ0) is 17.7. The Morgan fingerprint density at radius 3 is 2.42 bits per heavy atom. The first kappa shape index (κ1) is 18.5. The van der Waals surface area contributed by atoms with Crippen LogP contribution in [0.15, 0.2) is 41.3 Å². The van der Waals surface area contributed by atoms with E-state index < -0.39 is 0 Å². The molecule has 2 aromatic rings. The number of hydrogen-bond acceptors (Lipinski definition) is 4. The molecule has 0 heterocycles. The van der Waals surface area contributed by atoms with Crippen LogP contribution < -0.4 is 14.8 Å². The van der Waals surface area contributed by atoms with Crippen molar-refractivity contribution in [2.45, 2.75) is 24.0 Å². The first-order valence-electron chi connectivity index (χ1n) is 7.40. The lowest BCUT2D eigenvalue weighted by Gasteiger charge is -2.15. The van der Waals surface area contributed by atoms with E-state index in [0.29, 0.717) is 16.5 Å². The molecule has 0 aliphatic heterocycles. The van der Waals surface area contributed by atoms with Crippen LogP contribution in [-0.2, 0) is 4.79 Å². The molecule has 2 aromatic carbocycles. The molecule has 0 fully saturated rings. The van der Waals surface area contributed by atoms with Crippen LogP contribution in [0.5, 0.6) is 11.5 Å². The van der Waals surface area contributed by atoms with Crippen LogP contribution in [0.25, 0.3) is 0 Å². The number of aryl methyl sites for hydroxylation is 1. The average Bonchev–Trinajstić information content (AvgIpc) is 2.58. The van der Waals surface area contributed by atoms with Crippen LogP contribution in [-0.4, -0.2) is 25.4 Å². The molecule has 0 saturated heterocycles. The first-order valence-corrected chi connectivity index (χ1v) is 8.66. The summed E-state index contributed by atoms with van der Waals surface area (Å²) in [4.78, 5) is 13.5. The standard InChI is InChI=1S/C18H20ClNO3S/c1-11-9-16(17(23-4)10-15(11)19)20-18(21)12(2)24-14-7-5-13(22-3)6-8-14/h5-10,12H,1-4H3,(H,20,21)/t12-/m1/s1. The number of rotatable bonds is 6. The van der Waals surface area contributed by atoms with Crippen LogP contribution in [0.4, 0.5) is 5.69 Å². The minimum atomic E-state index is -0.265. The van der Waals surface area contributed by atoms with E-state index in [1.165, 1.54) is 11.8 Å². The molecule has 0 spiro atoms. The Hall–Kier alpha value is -1.85. The predicted molar refractivity (Wildman–Crippen MR) is 99.7 cm³/mol. The van der Waals surface area contributed by atoms with E-state index in [9.17, 15) is 4.79 Å². The van der Waals surface area contributed by atoms with Crippen molar-refractivity contribution in [1.29, 1.82) is 0 Å². The topological polar surface area (TPSA) is 47.6 Å². The lowest BCUT2D eigenvalue weighted by Crippen LogP contribution is -2.22. The molecule has 0 aliphatic rings. The Balaban J connectivity index is 2.07. The van der Waals surface area contributed by atoms with Crippen molar-refractivity contribution in [1.82, 2.24) is 0 Å². The van der Waals surface area contributed by atoms with Crippen molar-refractivity contribution in [3.63, 3.8) is 0 Å². The molecule has 24 heavy (non-hydrogen) atoms. The van der Waals surface area contributed by atoms with Gasteiger partial charge in [0, 0.05) is 16.0 Å². The average molecular weight is 366 g/mol. The highest BCUT2D eigenvalue weighted by atomic mass is 35.5. The van der Waals surface area contributed by atoms with Gasteiger partial charge in [-0.05, 0) is 49.7 Å². The van der Waals surface area contributed by atoms with Gasteiger partial charge in [0.15, 0.2) is 0 Å². The van der Waals surface area contributed by atoms with E-state index >= 15 is 0 Å². The highest BCUT2D eigenvalue weighted by Gasteiger charge is 2.17. The molecule has 0 radical (unpaired) electrons. The van der Waals surface area contributed by atoms with Crippen molar-refractivity contribution in [3.8, 4) is 11.5 Å². The van der Waals surface area contributed by atoms with Crippen molar-refractivity contribution in [2.75, 3.05) is 19.5 Å². The molecule has 0 aliphatic carbocycles. The quantitative estimate of drug-likeness (QED) is 0.748. The van der Waals surface area contributed by atoms with Gasteiger partial charge in [0.25, 0.3) is 0 Å². The normalized spacial score (nSPS) is 11.7. The molecular weight excluding hydrogens is 346 g/mol. The maximum absolute atomic E-state index is 12.5. The van der Waals surface area contributed by atoms with Gasteiger partial charge in [0.2, 0.25) is 5.91 Å². The van der Waals surface area contributed by atoms with Crippen molar-refractivity contribution < 1.29 is 14.3 Å². The second kappa shape index (κ2) is 8.31. The summed E-state index contributed by atoms with van der Waals surface area (Å²) in [5.74, 6) is 1.23. The zero-order valence-electron chi connectivity index (χ0n) is 14.1. The van der Waals surface area contributed by atoms with Gasteiger partial charge in [0.05, 0.1) is 25.2 Å². The third kappa shape index (κ3) is 4.58. The molecule has 1 amide bonds. The van der Waals surface area contributed by atoms with E-state index in [0.717, 1.165) is 16.2 Å². The lowest BCUT2D eigenvalue weighted by molar-refractivity contribution is -0.115. The van der Waals surface area contributed by atoms with Crippen molar-refractivity contribution >= 4 is 35.0 Å². The molecular formula is C18H20ClNO3S. The number of ether oxygens (including phenoxy) is 2. The molecule has 1 atom stereocenters. The Morgan fingerprint density at radius 2 is 1.83 bits per heavy atom. The molecule has 2 rings (SSSR count). The van der Waals surface area contributed by atoms with Gasteiger partial charge in [0.1, 0.15) is 11.5 Å². The molecule has 0 aromatic heterocycles. The zero-order valence-corrected chi connectivity index (χ0v) is 15.6. The van der Waals surface area contributed by atoms with Gasteiger partial charge in [-0.1, -0.05) is 11.6 Å². The highest BCUT2D eigenvalue weighted by Crippen LogP contribution is 2.32. The molecule has 128 valence electrons. The molecule has 1 N–H and O–H groups in total. The van der Waals surface area contributed by atoms with E-state index in [2.05, 4.69) is 5.32 Å². The van der Waals surface area contributed by atoms with Crippen LogP contribution in [0.2, 0.25) is 5.02 Å². The maximum Gasteiger partial charge on any atom is 0.237 e. The predicted octanol–water partition coefficient (Wildman–Crippen LogP) is 4.78. The number of methoxy groups -OCH3 is 2. The summed E-state index contributed by atoms with van der Waals surface area (Å²) < 4.78 is 10.4. The SMILES string of the molecule is COc1ccc(S[C@H](C)C(=O)Nc2cc(C)c(Cl)cc2OC)cc1. The first-order chi connectivity index (χ1) is 11.4. The Morgan fingerprint density at radius 1 is 1.17 bits per heavy atom. The van der Waals surface area contributed by atoms with Gasteiger partial charge in [-0.2, -0.15) is 0 Å². The van der Waals surface area contributed by atoms with Gasteiger partial charge in [-0.3, -0.25) is 4.79 Å². The fraction of sp³-hybridized carbons (Fsp3) is 0.278. The number of carbonyl (C=O) groups excluding carboxylic acids is 1. The van der Waals surface area contributed by atoms with E-state index in [4.69, 9.17) is 21.1 Å². The van der Waals surface area contributed by atoms with Crippen LogP contribution >= 0.6 is 23.4 Å². The van der Waals surface area contributed by atoms with Gasteiger partial charge in [-0.25, -0.2) is 0 Å². The Kier molecular flexibility index (Phi) is 6.40. The van der Waals surface area contributed by atoms with Gasteiger partial charge >= 0.3 is 0 Å². The summed E-state index contributed by atoms with van der Waals surface area (Å²) in [5, 5.41) is 3.24. The monoisotopic (exact) mass is 365 g/mol. The van der Waals surface area contributed by atoms with Gasteiger partial charge in [-0.15, -0.1) is 11.8 Å². The van der Waals surface area contributed by atoms with E-state index in [-0.39, 0.29) is 11.2 Å². The van der Waals surface area contributed by atoms with Crippen LogP contribution in [0.1, 0.15) is 12.5 Å². The van der Waals surface area contributed by atoms with E-state index in [1.807, 2.05) is 44.2 Å².